The van der Waals surface area contributed by atoms with Gasteiger partial charge in [-0.15, -0.1) is 11.3 Å². The van der Waals surface area contributed by atoms with Crippen LogP contribution in [0.3, 0.4) is 0 Å². The van der Waals surface area contributed by atoms with Crippen molar-refractivity contribution in [2.45, 2.75) is 11.4 Å². The number of amides is 2. The number of carbonyl (C=O) groups is 2. The first kappa shape index (κ1) is 23.3. The van der Waals surface area contributed by atoms with Gasteiger partial charge in [0.25, 0.3) is 11.8 Å². The van der Waals surface area contributed by atoms with Gasteiger partial charge in [0.15, 0.2) is 0 Å². The number of hydrogen-bond acceptors (Lipinski definition) is 6. The SMILES string of the molecule is O=C(NNC(=O)c1csc(-c2ccccc2)n1)c1cccc(S(=O)(=O)NCc2ccccc2)c1. The second-order valence-corrected chi connectivity index (χ2v) is 9.78. The summed E-state index contributed by atoms with van der Waals surface area (Å²) < 4.78 is 27.8. The number of thiazole rings is 1. The number of rotatable bonds is 7. The van der Waals surface area contributed by atoms with Crippen LogP contribution in [0.2, 0.25) is 0 Å². The van der Waals surface area contributed by atoms with E-state index < -0.39 is 21.8 Å². The molecule has 0 aliphatic carbocycles. The zero-order valence-corrected chi connectivity index (χ0v) is 19.4. The summed E-state index contributed by atoms with van der Waals surface area (Å²) >= 11 is 1.31. The molecule has 0 saturated heterocycles. The van der Waals surface area contributed by atoms with Crippen molar-refractivity contribution in [1.29, 1.82) is 0 Å². The molecule has 0 bridgehead atoms. The smallest absolute Gasteiger partial charge is 0.267 e. The van der Waals surface area contributed by atoms with E-state index in [4.69, 9.17) is 0 Å². The van der Waals surface area contributed by atoms with Crippen LogP contribution in [-0.4, -0.2) is 25.2 Å². The summed E-state index contributed by atoms with van der Waals surface area (Å²) in [5, 5.41) is 2.27. The van der Waals surface area contributed by atoms with E-state index in [1.54, 1.807) is 17.5 Å². The predicted molar refractivity (Wildman–Crippen MR) is 129 cm³/mol. The Morgan fingerprint density at radius 2 is 1.50 bits per heavy atom. The van der Waals surface area contributed by atoms with Crippen LogP contribution in [0.15, 0.2) is 95.2 Å². The van der Waals surface area contributed by atoms with E-state index in [1.165, 1.54) is 35.6 Å². The van der Waals surface area contributed by atoms with Gasteiger partial charge >= 0.3 is 0 Å². The second kappa shape index (κ2) is 10.4. The van der Waals surface area contributed by atoms with Gasteiger partial charge in [-0.2, -0.15) is 0 Å². The van der Waals surface area contributed by atoms with Crippen molar-refractivity contribution < 1.29 is 18.0 Å². The molecule has 4 rings (SSSR count). The van der Waals surface area contributed by atoms with E-state index in [1.807, 2.05) is 48.5 Å². The Morgan fingerprint density at radius 1 is 0.824 bits per heavy atom. The molecule has 0 aliphatic heterocycles. The van der Waals surface area contributed by atoms with Gasteiger partial charge in [0.2, 0.25) is 10.0 Å². The van der Waals surface area contributed by atoms with Crippen LogP contribution >= 0.6 is 11.3 Å². The zero-order valence-electron chi connectivity index (χ0n) is 17.8. The third kappa shape index (κ3) is 5.73. The molecule has 1 heterocycles. The maximum Gasteiger partial charge on any atom is 0.289 e. The zero-order chi connectivity index (χ0) is 24.0. The van der Waals surface area contributed by atoms with Crippen LogP contribution in [0, 0.1) is 0 Å². The molecule has 0 unspecified atom stereocenters. The standard InChI is InChI=1S/C24H20N4O4S2/c29-22(27-28-23(30)21-16-33-24(26-21)18-10-5-2-6-11-18)19-12-7-13-20(14-19)34(31,32)25-15-17-8-3-1-4-9-17/h1-14,16,25H,15H2,(H,27,29)(H,28,30). The van der Waals surface area contributed by atoms with Crippen LogP contribution in [0.25, 0.3) is 10.6 Å². The van der Waals surface area contributed by atoms with Crippen molar-refractivity contribution in [3.05, 3.63) is 107 Å². The summed E-state index contributed by atoms with van der Waals surface area (Å²) in [6.45, 7) is 0.119. The molecule has 0 saturated carbocycles. The Labute approximate surface area is 200 Å². The van der Waals surface area contributed by atoms with Gasteiger partial charge in [-0.05, 0) is 23.8 Å². The van der Waals surface area contributed by atoms with Gasteiger partial charge < -0.3 is 0 Å². The summed E-state index contributed by atoms with van der Waals surface area (Å²) in [6.07, 6.45) is 0. The van der Waals surface area contributed by atoms with Gasteiger partial charge in [-0.1, -0.05) is 66.7 Å². The maximum absolute atomic E-state index is 12.6. The molecule has 0 atom stereocenters. The fraction of sp³-hybridized carbons (Fsp3) is 0.0417. The minimum atomic E-state index is -3.84. The molecule has 0 radical (unpaired) electrons. The van der Waals surface area contributed by atoms with E-state index >= 15 is 0 Å². The highest BCUT2D eigenvalue weighted by molar-refractivity contribution is 7.89. The number of aromatic nitrogens is 1. The highest BCUT2D eigenvalue weighted by Gasteiger charge is 2.17. The van der Waals surface area contributed by atoms with Crippen LogP contribution < -0.4 is 15.6 Å². The summed E-state index contributed by atoms with van der Waals surface area (Å²) in [5.41, 5.74) is 6.52. The lowest BCUT2D eigenvalue weighted by molar-refractivity contribution is 0.0844. The summed E-state index contributed by atoms with van der Waals surface area (Å²) in [6, 6.07) is 24.0. The summed E-state index contributed by atoms with van der Waals surface area (Å²) in [5.74, 6) is -1.24. The molecule has 1 aromatic heterocycles. The third-order valence-electron chi connectivity index (χ3n) is 4.76. The highest BCUT2D eigenvalue weighted by atomic mass is 32.2. The average Bonchev–Trinajstić information content (AvgIpc) is 3.38. The molecule has 3 aromatic carbocycles. The lowest BCUT2D eigenvalue weighted by Crippen LogP contribution is -2.41. The van der Waals surface area contributed by atoms with E-state index in [0.717, 1.165) is 11.1 Å². The van der Waals surface area contributed by atoms with Gasteiger partial charge in [-0.25, -0.2) is 18.1 Å². The predicted octanol–water partition coefficient (Wildman–Crippen LogP) is 3.36. The molecule has 3 N–H and O–H groups in total. The lowest BCUT2D eigenvalue weighted by atomic mass is 10.2. The van der Waals surface area contributed by atoms with Gasteiger partial charge in [0.1, 0.15) is 10.7 Å². The molecule has 2 amide bonds. The van der Waals surface area contributed by atoms with Crippen molar-refractivity contribution in [2.24, 2.45) is 0 Å². The van der Waals surface area contributed by atoms with Crippen molar-refractivity contribution in [1.82, 2.24) is 20.6 Å². The monoisotopic (exact) mass is 492 g/mol. The first-order valence-corrected chi connectivity index (χ1v) is 12.5. The molecular formula is C24H20N4O4S2. The third-order valence-corrected chi connectivity index (χ3v) is 7.05. The molecular weight excluding hydrogens is 472 g/mol. The minimum Gasteiger partial charge on any atom is -0.267 e. The van der Waals surface area contributed by atoms with Crippen LogP contribution in [0.1, 0.15) is 26.4 Å². The molecule has 0 spiro atoms. The molecule has 0 fully saturated rings. The summed E-state index contributed by atoms with van der Waals surface area (Å²) in [7, 11) is -3.84. The number of nitrogens with one attached hydrogen (secondary N) is 3. The fourth-order valence-electron chi connectivity index (χ4n) is 3.00. The van der Waals surface area contributed by atoms with Crippen molar-refractivity contribution in [2.75, 3.05) is 0 Å². The van der Waals surface area contributed by atoms with Gasteiger partial charge in [0, 0.05) is 23.1 Å². The molecule has 8 nitrogen and oxygen atoms in total. The normalized spacial score (nSPS) is 11.1. The van der Waals surface area contributed by atoms with Crippen LogP contribution in [0.4, 0.5) is 0 Å². The fourth-order valence-corrected chi connectivity index (χ4v) is 4.87. The average molecular weight is 493 g/mol. The largest absolute Gasteiger partial charge is 0.289 e. The summed E-state index contributed by atoms with van der Waals surface area (Å²) in [4.78, 5) is 29.1. The van der Waals surface area contributed by atoms with E-state index in [2.05, 4.69) is 20.6 Å². The highest BCUT2D eigenvalue weighted by Crippen LogP contribution is 2.23. The topological polar surface area (TPSA) is 117 Å². The number of carbonyl (C=O) groups excluding carboxylic acids is 2. The number of hydrogen-bond donors (Lipinski definition) is 3. The molecule has 10 heteroatoms. The number of benzene rings is 3. The Hall–Kier alpha value is -3.86. The van der Waals surface area contributed by atoms with E-state index in [0.29, 0.717) is 5.01 Å². The van der Waals surface area contributed by atoms with Crippen molar-refractivity contribution in [3.8, 4) is 10.6 Å². The minimum absolute atomic E-state index is 0.0607. The molecule has 34 heavy (non-hydrogen) atoms. The van der Waals surface area contributed by atoms with Gasteiger partial charge in [0.05, 0.1) is 4.90 Å². The molecule has 4 aromatic rings. The maximum atomic E-state index is 12.6. The lowest BCUT2D eigenvalue weighted by Gasteiger charge is -2.09. The molecule has 172 valence electrons. The van der Waals surface area contributed by atoms with Crippen molar-refractivity contribution in [3.63, 3.8) is 0 Å². The Morgan fingerprint density at radius 3 is 2.24 bits per heavy atom. The van der Waals surface area contributed by atoms with Crippen LogP contribution in [-0.2, 0) is 16.6 Å². The Bertz CT molecular complexity index is 1410. The first-order valence-electron chi connectivity index (χ1n) is 10.2. The Kier molecular flexibility index (Phi) is 7.12. The second-order valence-electron chi connectivity index (χ2n) is 7.15. The number of nitrogens with zero attached hydrogens (tertiary/aromatic N) is 1. The van der Waals surface area contributed by atoms with Gasteiger partial charge in [-0.3, -0.25) is 20.4 Å². The molecule has 0 aliphatic rings. The quantitative estimate of drug-likeness (QED) is 0.342. The van der Waals surface area contributed by atoms with E-state index in [-0.39, 0.29) is 22.7 Å². The number of sulfonamides is 1. The van der Waals surface area contributed by atoms with Crippen LogP contribution in [0.5, 0.6) is 0 Å². The van der Waals surface area contributed by atoms with E-state index in [9.17, 15) is 18.0 Å². The Balaban J connectivity index is 1.38. The van der Waals surface area contributed by atoms with Crippen molar-refractivity contribution >= 4 is 33.2 Å². The number of hydrazine groups is 1. The first-order chi connectivity index (χ1) is 16.4.